The Balaban J connectivity index is 0.000000297. The van der Waals surface area contributed by atoms with Gasteiger partial charge < -0.3 is 10.1 Å². The summed E-state index contributed by atoms with van der Waals surface area (Å²) in [5.41, 5.74) is 8.14. The first kappa shape index (κ1) is 36.1. The number of pyridine rings is 1. The number of aromatic nitrogens is 1. The molecule has 45 heavy (non-hydrogen) atoms. The van der Waals surface area contributed by atoms with E-state index in [2.05, 4.69) is 98.8 Å². The maximum absolute atomic E-state index is 11.7. The van der Waals surface area contributed by atoms with Gasteiger partial charge in [-0.2, -0.15) is 0 Å². The molecule has 0 fully saturated rings. The van der Waals surface area contributed by atoms with Gasteiger partial charge in [-0.1, -0.05) is 108 Å². The molecule has 0 bridgehead atoms. The molecule has 5 heteroatoms. The number of carbonyl (C=O) groups is 1. The number of hydrogen-bond donors (Lipinski definition) is 1. The number of carbonyl (C=O) groups excluding carboxylic acids is 1. The second-order valence-electron chi connectivity index (χ2n) is 11.4. The van der Waals surface area contributed by atoms with Crippen molar-refractivity contribution in [1.82, 2.24) is 4.98 Å². The number of aliphatic hydroxyl groups excluding tert-OH is 1. The van der Waals surface area contributed by atoms with Crippen molar-refractivity contribution in [3.05, 3.63) is 114 Å². The smallest absolute Gasteiger partial charge is 0.162 e. The molecule has 2 aromatic heterocycles. The molecule has 0 aliphatic heterocycles. The van der Waals surface area contributed by atoms with Crippen molar-refractivity contribution in [3.8, 4) is 32.8 Å². The number of rotatable bonds is 10. The van der Waals surface area contributed by atoms with E-state index >= 15 is 0 Å². The van der Waals surface area contributed by atoms with Gasteiger partial charge in [0.15, 0.2) is 5.78 Å². The number of hydrogen-bond acceptors (Lipinski definition) is 4. The number of benzene rings is 3. The molecule has 3 nitrogen and oxygen atoms in total. The van der Waals surface area contributed by atoms with Crippen LogP contribution in [-0.2, 0) is 24.9 Å². The molecular weight excluding hydrogens is 751 g/mol. The van der Waals surface area contributed by atoms with Crippen LogP contribution in [-0.4, -0.2) is 15.9 Å². The summed E-state index contributed by atoms with van der Waals surface area (Å²) in [5, 5.41) is 11.0. The Bertz CT molecular complexity index is 1680. The second kappa shape index (κ2) is 17.4. The molecule has 0 atom stereocenters. The molecule has 0 saturated heterocycles. The van der Waals surface area contributed by atoms with E-state index in [0.717, 1.165) is 42.5 Å². The average molecular weight is 795 g/mol. The van der Waals surface area contributed by atoms with Crippen molar-refractivity contribution in [2.75, 3.05) is 0 Å². The molecule has 0 unspecified atom stereocenters. The van der Waals surface area contributed by atoms with Gasteiger partial charge in [-0.15, -0.1) is 46.2 Å². The van der Waals surface area contributed by atoms with Crippen LogP contribution in [0, 0.1) is 31.7 Å². The van der Waals surface area contributed by atoms with E-state index in [-0.39, 0.29) is 43.5 Å². The predicted molar refractivity (Wildman–Crippen MR) is 188 cm³/mol. The van der Waals surface area contributed by atoms with Gasteiger partial charge in [-0.05, 0) is 42.5 Å². The number of allylic oxidation sites excluding steroid dienone is 2. The standard InChI is InChI=1S/C27H20NS.C13H24O2.Ir/c1-18-13-19(2)15-22(14-18)24-16-25-23(17-28-24)26(20-9-5-3-6-10-20)27(29-25)21-11-7-4-8-12-21;1-5-10(6-2)12(14)9-13(15)11(7-3)8-4;/h3-14,16-17H,1-2H3;9-11,14H,5-8H2,1-4H3;/q-1;;/b;12-9-;. The third-order valence-corrected chi connectivity index (χ3v) is 9.38. The fraction of sp³-hybridized carbons (Fsp3) is 0.300. The Morgan fingerprint density at radius 3 is 1.98 bits per heavy atom. The molecule has 3 aromatic carbocycles. The van der Waals surface area contributed by atoms with E-state index in [9.17, 15) is 9.90 Å². The summed E-state index contributed by atoms with van der Waals surface area (Å²) in [6, 6.07) is 31.2. The Morgan fingerprint density at radius 2 is 1.42 bits per heavy atom. The summed E-state index contributed by atoms with van der Waals surface area (Å²) in [4.78, 5) is 17.8. The molecule has 0 saturated carbocycles. The number of aryl methyl sites for hydroxylation is 2. The van der Waals surface area contributed by atoms with Crippen LogP contribution in [0.1, 0.15) is 64.5 Å². The molecule has 0 spiro atoms. The summed E-state index contributed by atoms with van der Waals surface area (Å²) >= 11 is 1.84. The zero-order chi connectivity index (χ0) is 31.6. The van der Waals surface area contributed by atoms with E-state index in [1.807, 2.05) is 45.2 Å². The zero-order valence-corrected chi connectivity index (χ0v) is 30.4. The zero-order valence-electron chi connectivity index (χ0n) is 27.2. The Labute approximate surface area is 286 Å². The van der Waals surface area contributed by atoms with Gasteiger partial charge in [-0.25, -0.2) is 0 Å². The monoisotopic (exact) mass is 795 g/mol. The van der Waals surface area contributed by atoms with Gasteiger partial charge in [0.2, 0.25) is 0 Å². The topological polar surface area (TPSA) is 50.2 Å². The van der Waals surface area contributed by atoms with Gasteiger partial charge in [0.1, 0.15) is 0 Å². The molecule has 237 valence electrons. The maximum atomic E-state index is 11.7. The van der Waals surface area contributed by atoms with Gasteiger partial charge in [0, 0.05) is 64.7 Å². The molecule has 0 aliphatic rings. The van der Waals surface area contributed by atoms with Crippen molar-refractivity contribution < 1.29 is 30.0 Å². The SMILES string of the molecule is CCC(CC)C(=O)/C=C(\O)C(CC)CC.Cc1[c-]c(-c2cc3sc(-c4ccccc4)c(-c4ccccc4)c3cn2)cc(C)c1.[Ir]. The fourth-order valence-electron chi connectivity index (χ4n) is 5.64. The number of aliphatic hydroxyl groups is 1. The molecule has 1 radical (unpaired) electrons. The first-order chi connectivity index (χ1) is 21.3. The minimum atomic E-state index is 0. The predicted octanol–water partition coefficient (Wildman–Crippen LogP) is 11.6. The Kier molecular flexibility index (Phi) is 13.9. The number of fused-ring (bicyclic) bond motifs is 1. The van der Waals surface area contributed by atoms with Crippen LogP contribution in [0.25, 0.3) is 42.9 Å². The third-order valence-electron chi connectivity index (χ3n) is 8.18. The van der Waals surface area contributed by atoms with E-state index in [1.165, 1.54) is 43.3 Å². The summed E-state index contributed by atoms with van der Waals surface area (Å²) in [6.45, 7) is 12.3. The Morgan fingerprint density at radius 1 is 0.844 bits per heavy atom. The summed E-state index contributed by atoms with van der Waals surface area (Å²) in [6.07, 6.45) is 6.94. The normalized spacial score (nSPS) is 11.3. The van der Waals surface area contributed by atoms with Crippen molar-refractivity contribution in [2.45, 2.75) is 67.2 Å². The van der Waals surface area contributed by atoms with Crippen LogP contribution in [0.3, 0.4) is 0 Å². The third kappa shape index (κ3) is 9.10. The average Bonchev–Trinajstić information content (AvgIpc) is 3.42. The molecule has 1 N–H and O–H groups in total. The molecule has 0 aliphatic carbocycles. The quantitative estimate of drug-likeness (QED) is 0.0870. The fourth-order valence-corrected chi connectivity index (χ4v) is 6.88. The summed E-state index contributed by atoms with van der Waals surface area (Å²) in [7, 11) is 0. The number of thiophene rings is 1. The van der Waals surface area contributed by atoms with Crippen molar-refractivity contribution in [3.63, 3.8) is 0 Å². The summed E-state index contributed by atoms with van der Waals surface area (Å²) < 4.78 is 1.25. The van der Waals surface area contributed by atoms with Crippen molar-refractivity contribution in [1.29, 1.82) is 0 Å². The van der Waals surface area contributed by atoms with Crippen LogP contribution in [0.15, 0.2) is 96.9 Å². The van der Waals surface area contributed by atoms with Crippen LogP contribution < -0.4 is 0 Å². The van der Waals surface area contributed by atoms with E-state index < -0.39 is 0 Å². The minimum absolute atomic E-state index is 0. The molecular formula is C40H44IrNO2S-. The van der Waals surface area contributed by atoms with Gasteiger partial charge >= 0.3 is 0 Å². The number of ketones is 1. The van der Waals surface area contributed by atoms with E-state index in [1.54, 1.807) is 0 Å². The van der Waals surface area contributed by atoms with Gasteiger partial charge in [0.25, 0.3) is 0 Å². The minimum Gasteiger partial charge on any atom is -0.512 e. The van der Waals surface area contributed by atoms with Crippen LogP contribution >= 0.6 is 11.3 Å². The molecule has 0 amide bonds. The summed E-state index contributed by atoms with van der Waals surface area (Å²) in [5.74, 6) is 0.547. The molecule has 5 rings (SSSR count). The first-order valence-electron chi connectivity index (χ1n) is 15.8. The molecule has 5 aromatic rings. The Hall–Kier alpha value is -3.37. The van der Waals surface area contributed by atoms with E-state index in [0.29, 0.717) is 0 Å². The van der Waals surface area contributed by atoms with Gasteiger partial charge in [0.05, 0.1) is 5.76 Å². The largest absolute Gasteiger partial charge is 0.512 e. The van der Waals surface area contributed by atoms with E-state index in [4.69, 9.17) is 4.98 Å². The van der Waals surface area contributed by atoms with Gasteiger partial charge in [-0.3, -0.25) is 4.79 Å². The first-order valence-corrected chi connectivity index (χ1v) is 16.6. The van der Waals surface area contributed by atoms with Crippen LogP contribution in [0.5, 0.6) is 0 Å². The second-order valence-corrected chi connectivity index (χ2v) is 12.4. The van der Waals surface area contributed by atoms with Crippen molar-refractivity contribution >= 4 is 27.2 Å². The van der Waals surface area contributed by atoms with Crippen molar-refractivity contribution in [2.24, 2.45) is 11.8 Å². The molecule has 2 heterocycles. The van der Waals surface area contributed by atoms with Crippen LogP contribution in [0.2, 0.25) is 0 Å². The maximum Gasteiger partial charge on any atom is 0.162 e. The van der Waals surface area contributed by atoms with Crippen LogP contribution in [0.4, 0.5) is 0 Å². The number of nitrogens with zero attached hydrogens (tertiary/aromatic N) is 1.